The molecule has 136 valence electrons. The van der Waals surface area contributed by atoms with E-state index < -0.39 is 4.92 Å². The first-order valence-electron chi connectivity index (χ1n) is 8.59. The van der Waals surface area contributed by atoms with Gasteiger partial charge in [0.25, 0.3) is 11.6 Å². The van der Waals surface area contributed by atoms with Gasteiger partial charge in [0.05, 0.1) is 10.5 Å². The van der Waals surface area contributed by atoms with Gasteiger partial charge in [-0.3, -0.25) is 14.9 Å². The smallest absolute Gasteiger partial charge is 0.270 e. The summed E-state index contributed by atoms with van der Waals surface area (Å²) in [6, 6.07) is 13.1. The number of non-ortho nitro benzene ring substituents is 1. The number of piperidine rings is 1. The molecule has 3 rings (SSSR count). The molecule has 0 radical (unpaired) electrons. The summed E-state index contributed by atoms with van der Waals surface area (Å²) in [5.74, 6) is 1.05. The number of rotatable bonds is 5. The molecule has 2 aromatic carbocycles. The van der Waals surface area contributed by atoms with Gasteiger partial charge in [-0.1, -0.05) is 18.2 Å². The van der Waals surface area contributed by atoms with Crippen molar-refractivity contribution < 1.29 is 14.5 Å². The summed E-state index contributed by atoms with van der Waals surface area (Å²) in [6.45, 7) is 1.80. The van der Waals surface area contributed by atoms with E-state index in [4.69, 9.17) is 10.5 Å². The van der Waals surface area contributed by atoms with Crippen LogP contribution in [-0.2, 0) is 0 Å². The van der Waals surface area contributed by atoms with Crippen LogP contribution in [0.5, 0.6) is 11.5 Å². The molecular weight excluding hydrogens is 334 g/mol. The fourth-order valence-electron chi connectivity index (χ4n) is 3.05. The van der Waals surface area contributed by atoms with E-state index in [1.807, 2.05) is 18.2 Å². The van der Waals surface area contributed by atoms with Gasteiger partial charge >= 0.3 is 0 Å². The number of benzene rings is 2. The lowest BCUT2D eigenvalue weighted by molar-refractivity contribution is -0.384. The second-order valence-corrected chi connectivity index (χ2v) is 6.32. The van der Waals surface area contributed by atoms with Gasteiger partial charge in [0.2, 0.25) is 0 Å². The second kappa shape index (κ2) is 7.97. The molecule has 1 amide bonds. The Bertz CT molecular complexity index is 787. The Labute approximate surface area is 151 Å². The third-order valence-corrected chi connectivity index (χ3v) is 4.61. The van der Waals surface area contributed by atoms with Crippen LogP contribution in [0.4, 0.5) is 5.69 Å². The molecule has 0 bridgehead atoms. The number of amides is 1. The number of ether oxygens (including phenoxy) is 1. The molecule has 0 unspecified atom stereocenters. The topological polar surface area (TPSA) is 98.7 Å². The van der Waals surface area contributed by atoms with Crippen LogP contribution < -0.4 is 10.5 Å². The largest absolute Gasteiger partial charge is 0.457 e. The van der Waals surface area contributed by atoms with Gasteiger partial charge in [0.15, 0.2) is 0 Å². The zero-order chi connectivity index (χ0) is 18.5. The lowest BCUT2D eigenvalue weighted by Gasteiger charge is -2.31. The molecule has 1 saturated heterocycles. The minimum absolute atomic E-state index is 0.134. The molecule has 0 atom stereocenters. The highest BCUT2D eigenvalue weighted by atomic mass is 16.6. The lowest BCUT2D eigenvalue weighted by Crippen LogP contribution is -2.40. The van der Waals surface area contributed by atoms with Crippen molar-refractivity contribution in [1.82, 2.24) is 4.90 Å². The van der Waals surface area contributed by atoms with Gasteiger partial charge in [0.1, 0.15) is 11.5 Å². The number of nitrogens with two attached hydrogens (primary N) is 1. The van der Waals surface area contributed by atoms with Crippen molar-refractivity contribution in [2.24, 2.45) is 11.7 Å². The molecular formula is C19H21N3O4. The zero-order valence-electron chi connectivity index (χ0n) is 14.3. The predicted octanol–water partition coefficient (Wildman–Crippen LogP) is 3.20. The Morgan fingerprint density at radius 1 is 1.19 bits per heavy atom. The summed E-state index contributed by atoms with van der Waals surface area (Å²) in [6.07, 6.45) is 1.68. The molecule has 1 heterocycles. The van der Waals surface area contributed by atoms with E-state index in [0.717, 1.165) is 12.8 Å². The number of likely N-dealkylation sites (tertiary alicyclic amines) is 1. The van der Waals surface area contributed by atoms with Crippen molar-refractivity contribution in [3.63, 3.8) is 0 Å². The van der Waals surface area contributed by atoms with E-state index in [-0.39, 0.29) is 17.2 Å². The number of carbonyl (C=O) groups excluding carboxylic acids is 1. The fraction of sp³-hybridized carbons (Fsp3) is 0.316. The first kappa shape index (κ1) is 17.9. The monoisotopic (exact) mass is 355 g/mol. The van der Waals surface area contributed by atoms with Crippen molar-refractivity contribution in [3.8, 4) is 11.5 Å². The molecule has 1 fully saturated rings. The number of nitrogens with zero attached hydrogens (tertiary/aromatic N) is 2. The lowest BCUT2D eigenvalue weighted by atomic mass is 9.96. The van der Waals surface area contributed by atoms with E-state index in [1.54, 1.807) is 17.0 Å². The van der Waals surface area contributed by atoms with E-state index >= 15 is 0 Å². The normalized spacial score (nSPS) is 14.9. The summed E-state index contributed by atoms with van der Waals surface area (Å²) in [4.78, 5) is 25.3. The SMILES string of the molecule is NCC1CCN(C(=O)c2cc([N+](=O)[O-])ccc2Oc2ccccc2)CC1. The highest BCUT2D eigenvalue weighted by Crippen LogP contribution is 2.30. The highest BCUT2D eigenvalue weighted by Gasteiger charge is 2.26. The van der Waals surface area contributed by atoms with Gasteiger partial charge in [-0.05, 0) is 43.5 Å². The Kier molecular flexibility index (Phi) is 5.48. The van der Waals surface area contributed by atoms with Crippen molar-refractivity contribution in [2.75, 3.05) is 19.6 Å². The third-order valence-electron chi connectivity index (χ3n) is 4.61. The average Bonchev–Trinajstić information content (AvgIpc) is 2.68. The molecule has 0 saturated carbocycles. The number of hydrogen-bond acceptors (Lipinski definition) is 5. The van der Waals surface area contributed by atoms with Gasteiger partial charge in [0, 0.05) is 25.2 Å². The molecule has 0 aliphatic carbocycles. The number of hydrogen-bond donors (Lipinski definition) is 1. The first-order chi connectivity index (χ1) is 12.6. The summed E-state index contributed by atoms with van der Waals surface area (Å²) < 4.78 is 5.81. The van der Waals surface area contributed by atoms with Crippen LogP contribution >= 0.6 is 0 Å². The Balaban J connectivity index is 1.88. The number of carbonyl (C=O) groups is 1. The summed E-state index contributed by atoms with van der Waals surface area (Å²) in [5, 5.41) is 11.1. The second-order valence-electron chi connectivity index (χ2n) is 6.32. The van der Waals surface area contributed by atoms with Crippen LogP contribution in [0.2, 0.25) is 0 Å². The van der Waals surface area contributed by atoms with Crippen LogP contribution in [0, 0.1) is 16.0 Å². The minimum atomic E-state index is -0.510. The van der Waals surface area contributed by atoms with E-state index in [9.17, 15) is 14.9 Å². The summed E-state index contributed by atoms with van der Waals surface area (Å²) in [5.41, 5.74) is 5.77. The molecule has 0 aromatic heterocycles. The standard InChI is InChI=1S/C19H21N3O4/c20-13-14-8-10-21(11-9-14)19(23)17-12-15(22(24)25)6-7-18(17)26-16-4-2-1-3-5-16/h1-7,12,14H,8-11,13,20H2. The molecule has 1 aliphatic rings. The number of nitro benzene ring substituents is 1. The Hall–Kier alpha value is -2.93. The van der Waals surface area contributed by atoms with Crippen molar-refractivity contribution in [1.29, 1.82) is 0 Å². The average molecular weight is 355 g/mol. The minimum Gasteiger partial charge on any atom is -0.457 e. The molecule has 1 aliphatic heterocycles. The Morgan fingerprint density at radius 3 is 2.50 bits per heavy atom. The third kappa shape index (κ3) is 4.00. The highest BCUT2D eigenvalue weighted by molar-refractivity contribution is 5.97. The van der Waals surface area contributed by atoms with Gasteiger partial charge in [-0.2, -0.15) is 0 Å². The molecule has 7 heteroatoms. The first-order valence-corrected chi connectivity index (χ1v) is 8.59. The van der Waals surface area contributed by atoms with Crippen LogP contribution in [0.15, 0.2) is 48.5 Å². The van der Waals surface area contributed by atoms with E-state index in [2.05, 4.69) is 0 Å². The van der Waals surface area contributed by atoms with Gasteiger partial charge in [-0.15, -0.1) is 0 Å². The number of para-hydroxylation sites is 1. The maximum atomic E-state index is 13.0. The maximum Gasteiger partial charge on any atom is 0.270 e. The Morgan fingerprint density at radius 2 is 1.88 bits per heavy atom. The zero-order valence-corrected chi connectivity index (χ0v) is 14.3. The van der Waals surface area contributed by atoms with E-state index in [0.29, 0.717) is 37.1 Å². The molecule has 2 aromatic rings. The van der Waals surface area contributed by atoms with E-state index in [1.165, 1.54) is 18.2 Å². The van der Waals surface area contributed by atoms with Crippen LogP contribution in [0.3, 0.4) is 0 Å². The van der Waals surface area contributed by atoms with Gasteiger partial charge in [-0.25, -0.2) is 0 Å². The van der Waals surface area contributed by atoms with Gasteiger partial charge < -0.3 is 15.4 Å². The quantitative estimate of drug-likeness (QED) is 0.656. The van der Waals surface area contributed by atoms with Crippen LogP contribution in [0.1, 0.15) is 23.2 Å². The fourth-order valence-corrected chi connectivity index (χ4v) is 3.05. The molecule has 26 heavy (non-hydrogen) atoms. The van der Waals surface area contributed by atoms with Crippen molar-refractivity contribution in [3.05, 3.63) is 64.2 Å². The molecule has 2 N–H and O–H groups in total. The number of nitro groups is 1. The molecule has 7 nitrogen and oxygen atoms in total. The summed E-state index contributed by atoms with van der Waals surface area (Å²) in [7, 11) is 0. The van der Waals surface area contributed by atoms with Crippen molar-refractivity contribution >= 4 is 11.6 Å². The maximum absolute atomic E-state index is 13.0. The van der Waals surface area contributed by atoms with Crippen LogP contribution in [0.25, 0.3) is 0 Å². The van der Waals surface area contributed by atoms with Crippen molar-refractivity contribution in [2.45, 2.75) is 12.8 Å². The predicted molar refractivity (Wildman–Crippen MR) is 97.3 cm³/mol. The van der Waals surface area contributed by atoms with Crippen LogP contribution in [-0.4, -0.2) is 35.4 Å². The molecule has 0 spiro atoms. The summed E-state index contributed by atoms with van der Waals surface area (Å²) >= 11 is 0.